The third kappa shape index (κ3) is 8.66. The molecule has 1 unspecified atom stereocenters. The molecule has 2 N–H and O–H groups in total. The summed E-state index contributed by atoms with van der Waals surface area (Å²) in [6, 6.07) is -1.43. The first-order valence-electron chi connectivity index (χ1n) is 4.53. The fraction of sp³-hybridized carbons (Fsp3) is 0.750. The molecule has 0 heterocycles. The Balaban J connectivity index is 4.22. The smallest absolute Gasteiger partial charge is 0.390 e. The summed E-state index contributed by atoms with van der Waals surface area (Å²) >= 11 is 0. The van der Waals surface area contributed by atoms with Crippen LogP contribution in [0.1, 0.15) is 13.3 Å². The van der Waals surface area contributed by atoms with E-state index in [1.165, 1.54) is 0 Å². The summed E-state index contributed by atoms with van der Waals surface area (Å²) in [5, 5.41) is 10.6. The van der Waals surface area contributed by atoms with Crippen molar-refractivity contribution >= 4 is 22.7 Å². The van der Waals surface area contributed by atoms with Crippen molar-refractivity contribution in [3.8, 4) is 0 Å². The Morgan fingerprint density at radius 1 is 1.41 bits per heavy atom. The minimum atomic E-state index is -4.43. The van der Waals surface area contributed by atoms with E-state index in [4.69, 9.17) is 5.11 Å². The third-order valence-corrected chi connectivity index (χ3v) is 3.01. The van der Waals surface area contributed by atoms with Crippen molar-refractivity contribution in [3.05, 3.63) is 0 Å². The van der Waals surface area contributed by atoms with E-state index in [2.05, 4.69) is 0 Å². The zero-order chi connectivity index (χ0) is 13.6. The molecule has 0 aliphatic rings. The largest absolute Gasteiger partial charge is 0.480 e. The van der Waals surface area contributed by atoms with Gasteiger partial charge in [0, 0.05) is 23.5 Å². The molecule has 9 heteroatoms. The number of carbonyl (C=O) groups is 2. The Kier molecular flexibility index (Phi) is 6.14. The lowest BCUT2D eigenvalue weighted by Gasteiger charge is -2.13. The average molecular weight is 275 g/mol. The fourth-order valence-corrected chi connectivity index (χ4v) is 2.14. The highest BCUT2D eigenvalue weighted by atomic mass is 32.2. The highest BCUT2D eigenvalue weighted by Gasteiger charge is 2.29. The zero-order valence-corrected chi connectivity index (χ0v) is 9.73. The van der Waals surface area contributed by atoms with Crippen LogP contribution >= 0.6 is 0 Å². The Hall–Kier alpha value is -1.12. The molecule has 0 aromatic carbocycles. The van der Waals surface area contributed by atoms with Crippen LogP contribution in [0.4, 0.5) is 13.2 Å². The van der Waals surface area contributed by atoms with Crippen LogP contribution in [0.2, 0.25) is 0 Å². The molecule has 0 aromatic rings. The summed E-state index contributed by atoms with van der Waals surface area (Å²) in [5.41, 5.74) is 0. The first-order chi connectivity index (χ1) is 7.61. The lowest BCUT2D eigenvalue weighted by Crippen LogP contribution is -2.43. The SMILES string of the molecule is CC(=O)N[C@@H](CS(=O)CCC(F)(F)F)C(=O)O. The van der Waals surface area contributed by atoms with Crippen LogP contribution in [0.3, 0.4) is 0 Å². The van der Waals surface area contributed by atoms with Gasteiger partial charge in [0.05, 0.1) is 12.2 Å². The molecule has 2 atom stereocenters. The second-order valence-electron chi connectivity index (χ2n) is 3.27. The van der Waals surface area contributed by atoms with Crippen LogP contribution in [0.5, 0.6) is 0 Å². The number of amides is 1. The lowest BCUT2D eigenvalue weighted by atomic mass is 10.3. The van der Waals surface area contributed by atoms with Crippen LogP contribution in [0.15, 0.2) is 0 Å². The summed E-state index contributed by atoms with van der Waals surface area (Å²) in [7, 11) is -1.95. The minimum Gasteiger partial charge on any atom is -0.480 e. The third-order valence-electron chi connectivity index (χ3n) is 1.64. The van der Waals surface area contributed by atoms with Gasteiger partial charge in [-0.25, -0.2) is 4.79 Å². The van der Waals surface area contributed by atoms with Crippen molar-refractivity contribution in [2.45, 2.75) is 25.6 Å². The lowest BCUT2D eigenvalue weighted by molar-refractivity contribution is -0.140. The molecule has 0 aliphatic carbocycles. The molecule has 0 spiro atoms. The molecule has 0 bridgehead atoms. The quantitative estimate of drug-likeness (QED) is 0.729. The van der Waals surface area contributed by atoms with Crippen molar-refractivity contribution in [1.82, 2.24) is 5.32 Å². The molecular weight excluding hydrogens is 263 g/mol. The van der Waals surface area contributed by atoms with Crippen molar-refractivity contribution in [2.24, 2.45) is 0 Å². The second kappa shape index (κ2) is 6.58. The van der Waals surface area contributed by atoms with Gasteiger partial charge in [0.15, 0.2) is 0 Å². The first kappa shape index (κ1) is 15.9. The summed E-state index contributed by atoms with van der Waals surface area (Å²) < 4.78 is 46.6. The monoisotopic (exact) mass is 275 g/mol. The molecule has 0 aliphatic heterocycles. The van der Waals surface area contributed by atoms with Gasteiger partial charge in [-0.05, 0) is 0 Å². The van der Waals surface area contributed by atoms with Crippen LogP contribution in [0.25, 0.3) is 0 Å². The van der Waals surface area contributed by atoms with Gasteiger partial charge in [-0.3, -0.25) is 9.00 Å². The zero-order valence-electron chi connectivity index (χ0n) is 8.91. The number of alkyl halides is 3. The van der Waals surface area contributed by atoms with Crippen molar-refractivity contribution in [3.63, 3.8) is 0 Å². The number of hydrogen-bond acceptors (Lipinski definition) is 3. The highest BCUT2D eigenvalue weighted by Crippen LogP contribution is 2.19. The maximum atomic E-state index is 11.8. The van der Waals surface area contributed by atoms with E-state index >= 15 is 0 Å². The number of halogens is 3. The number of carbonyl (C=O) groups excluding carboxylic acids is 1. The Labute approximate surface area is 97.8 Å². The summed E-state index contributed by atoms with van der Waals surface area (Å²) in [6.07, 6.45) is -5.67. The highest BCUT2D eigenvalue weighted by molar-refractivity contribution is 7.85. The molecule has 5 nitrogen and oxygen atoms in total. The van der Waals surface area contributed by atoms with Crippen molar-refractivity contribution in [2.75, 3.05) is 11.5 Å². The van der Waals surface area contributed by atoms with E-state index in [1.54, 1.807) is 0 Å². The number of nitrogens with one attached hydrogen (secondary N) is 1. The van der Waals surface area contributed by atoms with Crippen LogP contribution in [-0.2, 0) is 20.4 Å². The van der Waals surface area contributed by atoms with Crippen molar-refractivity contribution < 1.29 is 32.1 Å². The second-order valence-corrected chi connectivity index (χ2v) is 4.89. The molecule has 0 fully saturated rings. The van der Waals surface area contributed by atoms with E-state index in [1.807, 2.05) is 5.32 Å². The van der Waals surface area contributed by atoms with E-state index in [0.717, 1.165) is 6.92 Å². The van der Waals surface area contributed by atoms with Gasteiger partial charge in [-0.15, -0.1) is 0 Å². The maximum absolute atomic E-state index is 11.8. The molecule has 1 amide bonds. The van der Waals surface area contributed by atoms with Gasteiger partial charge in [0.25, 0.3) is 0 Å². The van der Waals surface area contributed by atoms with Gasteiger partial charge in [-0.1, -0.05) is 0 Å². The topological polar surface area (TPSA) is 83.5 Å². The molecule has 100 valence electrons. The van der Waals surface area contributed by atoms with Gasteiger partial charge in [0.1, 0.15) is 6.04 Å². The molecule has 17 heavy (non-hydrogen) atoms. The number of carboxylic acids is 1. The van der Waals surface area contributed by atoms with Crippen molar-refractivity contribution in [1.29, 1.82) is 0 Å². The van der Waals surface area contributed by atoms with E-state index in [-0.39, 0.29) is 0 Å². The van der Waals surface area contributed by atoms with Crippen LogP contribution in [0, 0.1) is 0 Å². The number of carboxylic acid groups (broad SMARTS) is 1. The first-order valence-corrected chi connectivity index (χ1v) is 6.02. The van der Waals surface area contributed by atoms with Gasteiger partial charge in [0.2, 0.25) is 5.91 Å². The summed E-state index contributed by atoms with van der Waals surface area (Å²) in [4.78, 5) is 21.2. The number of hydrogen-bond donors (Lipinski definition) is 2. The molecular formula is C8H12F3NO4S. The van der Waals surface area contributed by atoms with E-state index < -0.39 is 52.8 Å². The molecule has 0 rings (SSSR count). The minimum absolute atomic E-state index is 0.537. The summed E-state index contributed by atoms with van der Waals surface area (Å²) in [6.45, 7) is 1.06. The van der Waals surface area contributed by atoms with Gasteiger partial charge < -0.3 is 10.4 Å². The van der Waals surface area contributed by atoms with E-state index in [9.17, 15) is 27.0 Å². The average Bonchev–Trinajstić information content (AvgIpc) is 2.11. The maximum Gasteiger partial charge on any atom is 0.390 e. The standard InChI is InChI=1S/C8H12F3NO4S/c1-5(13)12-6(7(14)15)4-17(16)3-2-8(9,10)11/h6H,2-4H2,1H3,(H,12,13)(H,14,15)/t6-,17?/m0/s1. The Bertz CT molecular complexity index is 318. The number of rotatable bonds is 6. The van der Waals surface area contributed by atoms with Gasteiger partial charge >= 0.3 is 12.1 Å². The predicted molar refractivity (Wildman–Crippen MR) is 53.8 cm³/mol. The Morgan fingerprint density at radius 3 is 2.29 bits per heavy atom. The predicted octanol–water partition coefficient (Wildman–Crippen LogP) is 0.277. The fourth-order valence-electron chi connectivity index (χ4n) is 0.919. The normalized spacial score (nSPS) is 15.1. The van der Waals surface area contributed by atoms with Crippen LogP contribution in [-0.4, -0.2) is 44.9 Å². The van der Waals surface area contributed by atoms with Crippen LogP contribution < -0.4 is 5.32 Å². The summed E-state index contributed by atoms with van der Waals surface area (Å²) in [5.74, 6) is -3.29. The molecule has 0 aromatic heterocycles. The molecule has 0 radical (unpaired) electrons. The molecule has 0 saturated heterocycles. The molecule has 0 saturated carbocycles. The van der Waals surface area contributed by atoms with Gasteiger partial charge in [-0.2, -0.15) is 13.2 Å². The number of aliphatic carboxylic acids is 1. The van der Waals surface area contributed by atoms with E-state index in [0.29, 0.717) is 0 Å². The Morgan fingerprint density at radius 2 is 1.94 bits per heavy atom.